The fourth-order valence-corrected chi connectivity index (χ4v) is 2.79. The third-order valence-electron chi connectivity index (χ3n) is 4.30. The third kappa shape index (κ3) is 10.1. The summed E-state index contributed by atoms with van der Waals surface area (Å²) in [7, 11) is 1.50. The Bertz CT molecular complexity index is 696. The number of ether oxygens (including phenoxy) is 1. The van der Waals surface area contributed by atoms with Gasteiger partial charge >= 0.3 is 0 Å². The first-order valence-electron chi connectivity index (χ1n) is 9.99. The molecule has 0 aliphatic heterocycles. The highest BCUT2D eigenvalue weighted by atomic mass is 16.5. The van der Waals surface area contributed by atoms with Gasteiger partial charge in [-0.15, -0.1) is 0 Å². The molecule has 0 saturated heterocycles. The van der Waals surface area contributed by atoms with Crippen molar-refractivity contribution in [1.82, 2.24) is 16.0 Å². The van der Waals surface area contributed by atoms with Gasteiger partial charge in [0.15, 0.2) is 5.78 Å². The maximum atomic E-state index is 12.9. The van der Waals surface area contributed by atoms with Crippen LogP contribution in [0.1, 0.15) is 31.7 Å². The van der Waals surface area contributed by atoms with Crippen LogP contribution < -0.4 is 21.7 Å². The third-order valence-corrected chi connectivity index (χ3v) is 4.30. The number of hydrogen-bond donors (Lipinski definition) is 4. The van der Waals surface area contributed by atoms with Gasteiger partial charge in [0, 0.05) is 13.5 Å². The van der Waals surface area contributed by atoms with Crippen LogP contribution in [-0.4, -0.2) is 62.4 Å². The van der Waals surface area contributed by atoms with E-state index in [0.717, 1.165) is 12.0 Å². The summed E-state index contributed by atoms with van der Waals surface area (Å²) in [4.78, 5) is 48.2. The van der Waals surface area contributed by atoms with Crippen LogP contribution in [0.3, 0.4) is 0 Å². The van der Waals surface area contributed by atoms with Crippen molar-refractivity contribution in [1.29, 1.82) is 0 Å². The lowest BCUT2D eigenvalue weighted by atomic mass is 10.0. The molecule has 0 aromatic heterocycles. The van der Waals surface area contributed by atoms with Crippen molar-refractivity contribution < 1.29 is 23.9 Å². The van der Waals surface area contributed by atoms with Gasteiger partial charge in [-0.1, -0.05) is 30.3 Å². The zero-order chi connectivity index (χ0) is 22.4. The molecule has 0 heterocycles. The standard InChI is InChI=1S/C21H32N4O5/c1-15(26)13-30-14-19(27)24-18(12-16-8-4-3-5-9-16)21(29)25-17(20(28)23-2)10-6-7-11-22/h3-5,8-9,17-18H,6-7,10-14,22H2,1-2H3,(H,23,28)(H,24,27)(H,25,29). The fourth-order valence-electron chi connectivity index (χ4n) is 2.79. The highest BCUT2D eigenvalue weighted by Gasteiger charge is 2.26. The van der Waals surface area contributed by atoms with Gasteiger partial charge in [-0.05, 0) is 38.3 Å². The van der Waals surface area contributed by atoms with Crippen molar-refractivity contribution in [3.05, 3.63) is 35.9 Å². The van der Waals surface area contributed by atoms with Gasteiger partial charge in [0.1, 0.15) is 25.3 Å². The normalized spacial score (nSPS) is 12.5. The summed E-state index contributed by atoms with van der Waals surface area (Å²) >= 11 is 0. The van der Waals surface area contributed by atoms with Crippen LogP contribution in [0.25, 0.3) is 0 Å². The number of nitrogens with two attached hydrogens (primary N) is 1. The molecule has 2 atom stereocenters. The molecule has 30 heavy (non-hydrogen) atoms. The molecule has 0 bridgehead atoms. The van der Waals surface area contributed by atoms with Crippen LogP contribution in [0.4, 0.5) is 0 Å². The van der Waals surface area contributed by atoms with Crippen LogP contribution in [0, 0.1) is 0 Å². The Labute approximate surface area is 177 Å². The lowest BCUT2D eigenvalue weighted by Crippen LogP contribution is -2.54. The summed E-state index contributed by atoms with van der Waals surface area (Å²) in [6.07, 6.45) is 2.11. The number of benzene rings is 1. The van der Waals surface area contributed by atoms with Gasteiger partial charge in [0.25, 0.3) is 0 Å². The summed E-state index contributed by atoms with van der Waals surface area (Å²) in [6, 6.07) is 7.59. The molecule has 3 amide bonds. The van der Waals surface area contributed by atoms with Crippen LogP contribution in [0.5, 0.6) is 0 Å². The fraction of sp³-hybridized carbons (Fsp3) is 0.524. The average molecular weight is 421 g/mol. The molecule has 2 unspecified atom stereocenters. The Kier molecular flexibility index (Phi) is 12.0. The maximum absolute atomic E-state index is 12.9. The molecule has 166 valence electrons. The second kappa shape index (κ2) is 14.2. The van der Waals surface area contributed by atoms with E-state index in [-0.39, 0.29) is 31.3 Å². The van der Waals surface area contributed by atoms with E-state index < -0.39 is 23.9 Å². The highest BCUT2D eigenvalue weighted by molar-refractivity contribution is 5.92. The molecule has 0 aliphatic rings. The smallest absolute Gasteiger partial charge is 0.246 e. The summed E-state index contributed by atoms with van der Waals surface area (Å²) in [5.74, 6) is -1.51. The molecule has 0 saturated carbocycles. The Morgan fingerprint density at radius 1 is 0.967 bits per heavy atom. The molecule has 0 spiro atoms. The number of rotatable bonds is 14. The molecule has 0 aliphatic carbocycles. The molecular weight excluding hydrogens is 388 g/mol. The number of ketones is 1. The molecule has 1 rings (SSSR count). The molecule has 9 heteroatoms. The van der Waals surface area contributed by atoms with E-state index in [1.807, 2.05) is 30.3 Å². The van der Waals surface area contributed by atoms with Gasteiger partial charge in [-0.3, -0.25) is 19.2 Å². The summed E-state index contributed by atoms with van der Waals surface area (Å²) < 4.78 is 5.02. The zero-order valence-electron chi connectivity index (χ0n) is 17.6. The van der Waals surface area contributed by atoms with Gasteiger partial charge in [0.05, 0.1) is 0 Å². The minimum atomic E-state index is -0.900. The van der Waals surface area contributed by atoms with E-state index in [1.54, 1.807) is 0 Å². The predicted octanol–water partition coefficient (Wildman–Crippen LogP) is -0.321. The van der Waals surface area contributed by atoms with Crippen molar-refractivity contribution in [3.63, 3.8) is 0 Å². The number of carbonyl (C=O) groups excluding carboxylic acids is 4. The Hall–Kier alpha value is -2.78. The van der Waals surface area contributed by atoms with Crippen molar-refractivity contribution in [2.45, 2.75) is 44.7 Å². The zero-order valence-corrected chi connectivity index (χ0v) is 17.6. The number of Topliss-reactive ketones (excluding diaryl/α,β-unsaturated/α-hetero) is 1. The topological polar surface area (TPSA) is 140 Å². The predicted molar refractivity (Wildman–Crippen MR) is 112 cm³/mol. The van der Waals surface area contributed by atoms with E-state index in [9.17, 15) is 19.2 Å². The van der Waals surface area contributed by atoms with Crippen LogP contribution >= 0.6 is 0 Å². The number of nitrogens with one attached hydrogen (secondary N) is 3. The SMILES string of the molecule is CNC(=O)C(CCCCN)NC(=O)C(Cc1ccccc1)NC(=O)COCC(C)=O. The number of unbranched alkanes of at least 4 members (excludes halogenated alkanes) is 1. The average Bonchev–Trinajstić information content (AvgIpc) is 2.72. The maximum Gasteiger partial charge on any atom is 0.246 e. The van der Waals surface area contributed by atoms with Gasteiger partial charge in [-0.2, -0.15) is 0 Å². The first-order valence-corrected chi connectivity index (χ1v) is 9.99. The largest absolute Gasteiger partial charge is 0.364 e. The Morgan fingerprint density at radius 3 is 2.27 bits per heavy atom. The quantitative estimate of drug-likeness (QED) is 0.304. The Balaban J connectivity index is 2.83. The number of likely N-dealkylation sites (N-methyl/N-ethyl adjacent to an activating group) is 1. The second-order valence-electron chi connectivity index (χ2n) is 6.96. The summed E-state index contributed by atoms with van der Waals surface area (Å²) in [6.45, 7) is 1.34. The first kappa shape index (κ1) is 25.3. The van der Waals surface area contributed by atoms with E-state index >= 15 is 0 Å². The molecular formula is C21H32N4O5. The number of carbonyl (C=O) groups is 4. The van der Waals surface area contributed by atoms with Crippen molar-refractivity contribution in [3.8, 4) is 0 Å². The monoisotopic (exact) mass is 420 g/mol. The van der Waals surface area contributed by atoms with Crippen LogP contribution in [0.2, 0.25) is 0 Å². The van der Waals surface area contributed by atoms with Crippen molar-refractivity contribution >= 4 is 23.5 Å². The summed E-state index contributed by atoms with van der Waals surface area (Å²) in [5.41, 5.74) is 6.35. The van der Waals surface area contributed by atoms with E-state index in [0.29, 0.717) is 19.4 Å². The van der Waals surface area contributed by atoms with Gasteiger partial charge in [0.2, 0.25) is 17.7 Å². The van der Waals surface area contributed by atoms with E-state index in [2.05, 4.69) is 16.0 Å². The molecule has 0 fully saturated rings. The Morgan fingerprint density at radius 2 is 1.67 bits per heavy atom. The molecule has 1 aromatic rings. The summed E-state index contributed by atoms with van der Waals surface area (Å²) in [5, 5.41) is 7.90. The van der Waals surface area contributed by atoms with E-state index in [1.165, 1.54) is 14.0 Å². The van der Waals surface area contributed by atoms with Crippen LogP contribution in [-0.2, 0) is 30.3 Å². The van der Waals surface area contributed by atoms with E-state index in [4.69, 9.17) is 10.5 Å². The van der Waals surface area contributed by atoms with Gasteiger partial charge in [-0.25, -0.2) is 0 Å². The van der Waals surface area contributed by atoms with Gasteiger partial charge < -0.3 is 26.4 Å². The highest BCUT2D eigenvalue weighted by Crippen LogP contribution is 2.06. The van der Waals surface area contributed by atoms with Crippen LogP contribution in [0.15, 0.2) is 30.3 Å². The molecule has 0 radical (unpaired) electrons. The lowest BCUT2D eigenvalue weighted by molar-refractivity contribution is -0.134. The number of hydrogen-bond acceptors (Lipinski definition) is 6. The first-order chi connectivity index (χ1) is 14.4. The van der Waals surface area contributed by atoms with Crippen molar-refractivity contribution in [2.24, 2.45) is 5.73 Å². The molecule has 5 N–H and O–H groups in total. The molecule has 9 nitrogen and oxygen atoms in total. The number of amides is 3. The minimum absolute atomic E-state index is 0.178. The van der Waals surface area contributed by atoms with Crippen molar-refractivity contribution in [2.75, 3.05) is 26.8 Å². The lowest BCUT2D eigenvalue weighted by Gasteiger charge is -2.23. The molecule has 1 aromatic carbocycles. The second-order valence-corrected chi connectivity index (χ2v) is 6.96. The minimum Gasteiger partial charge on any atom is -0.364 e.